The largest absolute Gasteiger partial charge is 0.417 e. The molecule has 3 rings (SSSR count). The number of nitrogens with zero attached hydrogens (tertiary/aromatic N) is 3. The Kier molecular flexibility index (Phi) is 6.15. The van der Waals surface area contributed by atoms with Crippen LogP contribution >= 0.6 is 11.6 Å². The highest BCUT2D eigenvalue weighted by molar-refractivity contribution is 6.34. The van der Waals surface area contributed by atoms with Crippen LogP contribution in [0, 0.1) is 12.7 Å². The summed E-state index contributed by atoms with van der Waals surface area (Å²) in [6.45, 7) is 3.33. The van der Waals surface area contributed by atoms with Gasteiger partial charge in [0, 0.05) is 13.0 Å². The molecule has 1 aliphatic rings. The van der Waals surface area contributed by atoms with Crippen molar-refractivity contribution in [2.75, 3.05) is 11.6 Å². The molecule has 2 aromatic rings. The van der Waals surface area contributed by atoms with Gasteiger partial charge in [0.1, 0.15) is 11.6 Å². The van der Waals surface area contributed by atoms with Gasteiger partial charge in [-0.2, -0.15) is 13.2 Å². The van der Waals surface area contributed by atoms with E-state index in [2.05, 4.69) is 4.98 Å². The second-order valence-corrected chi connectivity index (χ2v) is 7.53. The van der Waals surface area contributed by atoms with E-state index in [1.807, 2.05) is 0 Å². The Morgan fingerprint density at radius 3 is 2.65 bits per heavy atom. The third kappa shape index (κ3) is 4.31. The number of alkyl halides is 3. The Labute approximate surface area is 181 Å². The summed E-state index contributed by atoms with van der Waals surface area (Å²) in [5, 5.41) is 0.559. The maximum Gasteiger partial charge on any atom is 0.417 e. The number of hydrogen-bond acceptors (Lipinski definition) is 5. The molecule has 0 spiro atoms. The van der Waals surface area contributed by atoms with Crippen molar-refractivity contribution < 1.29 is 22.4 Å². The molecule has 0 saturated heterocycles. The van der Waals surface area contributed by atoms with E-state index in [9.17, 15) is 22.4 Å². The molecule has 166 valence electrons. The second-order valence-electron chi connectivity index (χ2n) is 7.15. The van der Waals surface area contributed by atoms with Crippen molar-refractivity contribution in [2.24, 2.45) is 11.6 Å². The molecule has 1 aliphatic heterocycles. The summed E-state index contributed by atoms with van der Waals surface area (Å²) in [6.07, 6.45) is -3.43. The van der Waals surface area contributed by atoms with Gasteiger partial charge in [0.15, 0.2) is 0 Å². The lowest BCUT2D eigenvalue weighted by Gasteiger charge is -2.38. The highest BCUT2D eigenvalue weighted by atomic mass is 35.5. The second kappa shape index (κ2) is 8.35. The van der Waals surface area contributed by atoms with E-state index in [0.717, 1.165) is 18.3 Å². The van der Waals surface area contributed by atoms with Gasteiger partial charge in [-0.25, -0.2) is 15.2 Å². The zero-order chi connectivity index (χ0) is 23.1. The molecule has 0 saturated carbocycles. The number of halogens is 5. The van der Waals surface area contributed by atoms with Crippen LogP contribution in [0.5, 0.6) is 0 Å². The van der Waals surface area contributed by atoms with Crippen LogP contribution in [0.2, 0.25) is 5.02 Å². The average molecular weight is 458 g/mol. The number of benzene rings is 1. The highest BCUT2D eigenvalue weighted by Gasteiger charge is 2.37. The standard InChI is InChI=1S/C20H20ClF4N5O/c1-10-8-16(28-9-14(10)22)30(27)15-6-7-29(11(2)18(15)26)19(31)12-4-3-5-13(17(12)21)20(23,24)25/h3-5,8-9,11H,6-7,26-27H2,1-2H3. The molecule has 0 bridgehead atoms. The molecule has 0 fully saturated rings. The number of carbonyl (C=O) groups is 1. The number of nitrogens with two attached hydrogens (primary N) is 2. The lowest BCUT2D eigenvalue weighted by Crippen LogP contribution is -2.49. The molecule has 0 aliphatic carbocycles. The van der Waals surface area contributed by atoms with Crippen LogP contribution in [0.1, 0.15) is 34.8 Å². The van der Waals surface area contributed by atoms with Gasteiger partial charge in [-0.3, -0.25) is 9.80 Å². The first-order valence-corrected chi connectivity index (χ1v) is 9.63. The molecule has 4 N–H and O–H groups in total. The molecule has 1 aromatic carbocycles. The van der Waals surface area contributed by atoms with E-state index in [1.54, 1.807) is 13.8 Å². The van der Waals surface area contributed by atoms with Gasteiger partial charge in [-0.05, 0) is 37.6 Å². The van der Waals surface area contributed by atoms with Crippen LogP contribution < -0.4 is 16.6 Å². The van der Waals surface area contributed by atoms with Gasteiger partial charge >= 0.3 is 6.18 Å². The third-order valence-electron chi connectivity index (χ3n) is 5.21. The topological polar surface area (TPSA) is 88.5 Å². The predicted octanol–water partition coefficient (Wildman–Crippen LogP) is 3.99. The first-order valence-electron chi connectivity index (χ1n) is 9.25. The molecule has 0 radical (unpaired) electrons. The molecule has 31 heavy (non-hydrogen) atoms. The number of anilines is 1. The molecule has 1 atom stereocenters. The summed E-state index contributed by atoms with van der Waals surface area (Å²) >= 11 is 5.90. The fraction of sp³-hybridized carbons (Fsp3) is 0.300. The number of hydrazine groups is 1. The Hall–Kier alpha value is -2.85. The fourth-order valence-corrected chi connectivity index (χ4v) is 3.69. The summed E-state index contributed by atoms with van der Waals surface area (Å²) < 4.78 is 52.9. The smallest absolute Gasteiger partial charge is 0.399 e. The number of amides is 1. The summed E-state index contributed by atoms with van der Waals surface area (Å²) in [6, 6.07) is 3.97. The van der Waals surface area contributed by atoms with Gasteiger partial charge in [0.25, 0.3) is 5.91 Å². The lowest BCUT2D eigenvalue weighted by molar-refractivity contribution is -0.137. The van der Waals surface area contributed by atoms with E-state index in [4.69, 9.17) is 23.2 Å². The molecule has 2 heterocycles. The van der Waals surface area contributed by atoms with Crippen LogP contribution in [-0.4, -0.2) is 28.4 Å². The SMILES string of the molecule is Cc1cc(N(N)C2=C(N)C(C)N(C(=O)c3cccc(C(F)(F)F)c3Cl)CC2)ncc1F. The predicted molar refractivity (Wildman–Crippen MR) is 108 cm³/mol. The van der Waals surface area contributed by atoms with Crippen molar-refractivity contribution in [3.8, 4) is 0 Å². The Bertz CT molecular complexity index is 1060. The van der Waals surface area contributed by atoms with Crippen LogP contribution in [0.25, 0.3) is 0 Å². The number of pyridine rings is 1. The Morgan fingerprint density at radius 2 is 2.03 bits per heavy atom. The average Bonchev–Trinajstić information content (AvgIpc) is 2.70. The van der Waals surface area contributed by atoms with E-state index >= 15 is 0 Å². The molecular weight excluding hydrogens is 438 g/mol. The van der Waals surface area contributed by atoms with Crippen molar-refractivity contribution in [1.29, 1.82) is 0 Å². The number of hydrogen-bond donors (Lipinski definition) is 2. The molecule has 1 aromatic heterocycles. The minimum Gasteiger partial charge on any atom is -0.399 e. The number of carbonyl (C=O) groups excluding carboxylic acids is 1. The van der Waals surface area contributed by atoms with Gasteiger partial charge in [-0.1, -0.05) is 17.7 Å². The first kappa shape index (κ1) is 22.8. The van der Waals surface area contributed by atoms with Crippen LogP contribution in [0.3, 0.4) is 0 Å². The minimum absolute atomic E-state index is 0.135. The van der Waals surface area contributed by atoms with Gasteiger partial charge in [0.05, 0.1) is 39.8 Å². The summed E-state index contributed by atoms with van der Waals surface area (Å²) in [7, 11) is 0. The zero-order valence-electron chi connectivity index (χ0n) is 16.7. The van der Waals surface area contributed by atoms with E-state index in [1.165, 1.54) is 22.0 Å². The van der Waals surface area contributed by atoms with Crippen molar-refractivity contribution >= 4 is 23.3 Å². The first-order chi connectivity index (χ1) is 14.4. The van der Waals surface area contributed by atoms with Gasteiger partial charge in [0.2, 0.25) is 0 Å². The van der Waals surface area contributed by atoms with Crippen molar-refractivity contribution in [3.05, 3.63) is 69.4 Å². The summed E-state index contributed by atoms with van der Waals surface area (Å²) in [5.74, 6) is 5.24. The molecule has 1 unspecified atom stereocenters. The lowest BCUT2D eigenvalue weighted by atomic mass is 10.0. The van der Waals surface area contributed by atoms with E-state index < -0.39 is 34.5 Å². The van der Waals surface area contributed by atoms with E-state index in [-0.39, 0.29) is 30.0 Å². The van der Waals surface area contributed by atoms with Crippen molar-refractivity contribution in [2.45, 2.75) is 32.5 Å². The molecule has 11 heteroatoms. The van der Waals surface area contributed by atoms with Crippen LogP contribution in [0.4, 0.5) is 23.4 Å². The van der Waals surface area contributed by atoms with Gasteiger partial charge < -0.3 is 10.6 Å². The van der Waals surface area contributed by atoms with Gasteiger partial charge in [-0.15, -0.1) is 0 Å². The fourth-order valence-electron chi connectivity index (χ4n) is 3.38. The Balaban J connectivity index is 1.90. The maximum atomic E-state index is 13.5. The number of aromatic nitrogens is 1. The Morgan fingerprint density at radius 1 is 1.35 bits per heavy atom. The monoisotopic (exact) mass is 457 g/mol. The minimum atomic E-state index is -4.69. The van der Waals surface area contributed by atoms with Crippen LogP contribution in [0.15, 0.2) is 41.9 Å². The molecular formula is C20H20ClF4N5O. The summed E-state index contributed by atoms with van der Waals surface area (Å²) in [4.78, 5) is 18.3. The quantitative estimate of drug-likeness (QED) is 0.413. The van der Waals surface area contributed by atoms with E-state index in [0.29, 0.717) is 11.3 Å². The highest BCUT2D eigenvalue weighted by Crippen LogP contribution is 2.37. The van der Waals surface area contributed by atoms with Crippen molar-refractivity contribution in [1.82, 2.24) is 9.88 Å². The number of rotatable bonds is 3. The summed E-state index contributed by atoms with van der Waals surface area (Å²) in [5.41, 5.74) is 5.94. The molecule has 1 amide bonds. The van der Waals surface area contributed by atoms with Crippen molar-refractivity contribution in [3.63, 3.8) is 0 Å². The normalized spacial score (nSPS) is 17.2. The third-order valence-corrected chi connectivity index (χ3v) is 5.61. The number of aryl methyl sites for hydroxylation is 1. The molecule has 6 nitrogen and oxygen atoms in total. The van der Waals surface area contributed by atoms with Crippen LogP contribution in [-0.2, 0) is 6.18 Å². The maximum absolute atomic E-state index is 13.5. The zero-order valence-corrected chi connectivity index (χ0v) is 17.4.